The van der Waals surface area contributed by atoms with Gasteiger partial charge in [-0.1, -0.05) is 18.5 Å². The number of likely N-dealkylation sites (tertiary alicyclic amines) is 1. The van der Waals surface area contributed by atoms with Gasteiger partial charge in [-0.2, -0.15) is 15.6 Å². The second-order valence-electron chi connectivity index (χ2n) is 14.8. The highest BCUT2D eigenvalue weighted by Gasteiger charge is 2.37. The van der Waals surface area contributed by atoms with Crippen LogP contribution in [-0.4, -0.2) is 79.5 Å². The number of carbonyl (C=O) groups excluding carboxylic acids is 1. The Morgan fingerprint density at radius 3 is 2.70 bits per heavy atom. The molecule has 8 rings (SSSR count). The Balaban J connectivity index is 1.14. The van der Waals surface area contributed by atoms with Crippen LogP contribution >= 0.6 is 11.3 Å². The standard InChI is InChI=1S/C39H41N11O5S/c1-3-6-31-32(28(18-41)35(42)56-31)26-8-4-9-27-33(46-55-34(26)27)36-44-37(29-19-43-49(38(29)45-36)21-25-7-5-15-47(25)2)48-16-14-30(23(17-40)20-48)54-39(51)22-10-12-24(13-11-22)50(52)53/h10-13,19,23,25-26,30H,3-9,14-16,20-21,42H2,1-2H3/t23-,25?,26?,30+/m1/s1. The fourth-order valence-corrected chi connectivity index (χ4v) is 9.64. The number of nitriles is 2. The zero-order valence-electron chi connectivity index (χ0n) is 31.2. The van der Waals surface area contributed by atoms with Gasteiger partial charge >= 0.3 is 5.97 Å². The van der Waals surface area contributed by atoms with E-state index in [1.165, 1.54) is 35.6 Å². The predicted molar refractivity (Wildman–Crippen MR) is 207 cm³/mol. The van der Waals surface area contributed by atoms with E-state index in [0.29, 0.717) is 71.3 Å². The first-order valence-corrected chi connectivity index (χ1v) is 19.8. The Bertz CT molecular complexity index is 2390. The largest absolute Gasteiger partial charge is 0.457 e. The van der Waals surface area contributed by atoms with Gasteiger partial charge in [0.1, 0.15) is 34.7 Å². The van der Waals surface area contributed by atoms with E-state index in [0.717, 1.165) is 66.5 Å². The number of nitrogens with two attached hydrogens (primary N) is 1. The summed E-state index contributed by atoms with van der Waals surface area (Å²) in [7, 11) is 2.12. The monoisotopic (exact) mass is 775 g/mol. The summed E-state index contributed by atoms with van der Waals surface area (Å²) in [4.78, 5) is 39.3. The minimum Gasteiger partial charge on any atom is -0.457 e. The maximum Gasteiger partial charge on any atom is 0.338 e. The first kappa shape index (κ1) is 37.0. The average Bonchev–Trinajstić information content (AvgIpc) is 4.00. The number of fused-ring (bicyclic) bond motifs is 2. The van der Waals surface area contributed by atoms with Gasteiger partial charge in [0.25, 0.3) is 5.69 Å². The molecule has 2 saturated heterocycles. The van der Waals surface area contributed by atoms with Crippen LogP contribution in [0.3, 0.4) is 0 Å². The van der Waals surface area contributed by atoms with Crippen LogP contribution < -0.4 is 10.6 Å². The number of ether oxygens (including phenoxy) is 1. The lowest BCUT2D eigenvalue weighted by Crippen LogP contribution is -2.45. The van der Waals surface area contributed by atoms with Gasteiger partial charge in [-0.3, -0.25) is 10.1 Å². The zero-order valence-corrected chi connectivity index (χ0v) is 32.0. The summed E-state index contributed by atoms with van der Waals surface area (Å²) in [6.07, 6.45) is 7.70. The predicted octanol–water partition coefficient (Wildman–Crippen LogP) is 6.00. The number of esters is 1. The van der Waals surface area contributed by atoms with Crippen LogP contribution in [0.2, 0.25) is 0 Å². The Morgan fingerprint density at radius 2 is 1.98 bits per heavy atom. The molecule has 2 fully saturated rings. The molecule has 0 radical (unpaired) electrons. The molecule has 4 aromatic heterocycles. The number of rotatable bonds is 10. The first-order valence-electron chi connectivity index (χ1n) is 19.0. The average molecular weight is 776 g/mol. The Kier molecular flexibility index (Phi) is 10.1. The fourth-order valence-electron chi connectivity index (χ4n) is 8.45. The number of non-ortho nitro benzene ring substituents is 1. The summed E-state index contributed by atoms with van der Waals surface area (Å²) in [5.74, 6) is 0.199. The minimum atomic E-state index is -0.696. The summed E-state index contributed by atoms with van der Waals surface area (Å²) in [5, 5.41) is 42.2. The van der Waals surface area contributed by atoms with Gasteiger partial charge in [0.05, 0.1) is 40.2 Å². The number of nitrogens with zero attached hydrogens (tertiary/aromatic N) is 10. The van der Waals surface area contributed by atoms with E-state index in [4.69, 9.17) is 30.1 Å². The molecule has 0 amide bonds. The van der Waals surface area contributed by atoms with Crippen molar-refractivity contribution >= 4 is 44.8 Å². The number of nitro benzene ring substituents is 1. The molecule has 0 bridgehead atoms. The Morgan fingerprint density at radius 1 is 1.16 bits per heavy atom. The molecule has 0 spiro atoms. The SMILES string of the molecule is CCCc1sc(N)c(C#N)c1C1CCCc2c(-c3nc(N4CC[C@H](OC(=O)c5ccc([N+](=O)[O-])cc5)[C@H](C#N)C4)c4cnn(CC5CCCN5C)c4n3)noc21. The normalized spacial score (nSPS) is 21.1. The molecule has 4 atom stereocenters. The summed E-state index contributed by atoms with van der Waals surface area (Å²) in [6.45, 7) is 4.43. The minimum absolute atomic E-state index is 0.133. The van der Waals surface area contributed by atoms with Gasteiger partial charge < -0.3 is 24.8 Å². The molecule has 5 aromatic rings. The van der Waals surface area contributed by atoms with Gasteiger partial charge in [-0.05, 0) is 69.8 Å². The van der Waals surface area contributed by atoms with Crippen molar-refractivity contribution in [3.8, 4) is 23.7 Å². The van der Waals surface area contributed by atoms with Gasteiger partial charge in [0.15, 0.2) is 17.2 Å². The lowest BCUT2D eigenvalue weighted by atomic mass is 9.81. The molecule has 16 nitrogen and oxygen atoms in total. The summed E-state index contributed by atoms with van der Waals surface area (Å²) >= 11 is 1.48. The molecule has 1 aliphatic carbocycles. The van der Waals surface area contributed by atoms with Crippen LogP contribution in [0.5, 0.6) is 0 Å². The molecule has 6 heterocycles. The molecule has 17 heteroatoms. The van der Waals surface area contributed by atoms with Crippen molar-refractivity contribution < 1.29 is 19.0 Å². The summed E-state index contributed by atoms with van der Waals surface area (Å²) in [6, 6.07) is 10.2. The third kappa shape index (κ3) is 6.71. The lowest BCUT2D eigenvalue weighted by molar-refractivity contribution is -0.384. The number of hydrogen-bond acceptors (Lipinski definition) is 15. The molecule has 56 heavy (non-hydrogen) atoms. The fraction of sp³-hybridized carbons (Fsp3) is 0.462. The van der Waals surface area contributed by atoms with E-state index < -0.39 is 22.9 Å². The number of nitro groups is 1. The van der Waals surface area contributed by atoms with E-state index in [-0.39, 0.29) is 23.7 Å². The molecule has 1 aromatic carbocycles. The molecule has 2 N–H and O–H groups in total. The van der Waals surface area contributed by atoms with Gasteiger partial charge in [-0.25, -0.2) is 19.4 Å². The van der Waals surface area contributed by atoms with Crippen LogP contribution in [0.1, 0.15) is 89.1 Å². The van der Waals surface area contributed by atoms with Gasteiger partial charge in [-0.15, -0.1) is 11.3 Å². The van der Waals surface area contributed by atoms with E-state index >= 15 is 0 Å². The number of thiophene rings is 1. The highest BCUT2D eigenvalue weighted by atomic mass is 32.1. The van der Waals surface area contributed by atoms with E-state index in [9.17, 15) is 25.4 Å². The topological polar surface area (TPSA) is 219 Å². The van der Waals surface area contributed by atoms with Crippen LogP contribution in [0.25, 0.3) is 22.6 Å². The third-order valence-corrected chi connectivity index (χ3v) is 12.5. The number of aryl methyl sites for hydroxylation is 1. The number of piperidine rings is 1. The van der Waals surface area contributed by atoms with Crippen molar-refractivity contribution in [2.24, 2.45) is 5.92 Å². The molecule has 3 aliphatic rings. The number of benzene rings is 1. The quantitative estimate of drug-likeness (QED) is 0.0978. The van der Waals surface area contributed by atoms with Crippen molar-refractivity contribution in [1.29, 1.82) is 10.5 Å². The number of hydrogen-bond donors (Lipinski definition) is 1. The maximum absolute atomic E-state index is 13.1. The first-order chi connectivity index (χ1) is 27.2. The Labute approximate surface area is 326 Å². The van der Waals surface area contributed by atoms with Crippen molar-refractivity contribution in [3.63, 3.8) is 0 Å². The number of likely N-dealkylation sites (N-methyl/N-ethyl adjacent to an activating group) is 1. The molecular formula is C39H41N11O5S. The van der Waals surface area contributed by atoms with Crippen molar-refractivity contribution in [2.45, 2.75) is 82.9 Å². The van der Waals surface area contributed by atoms with Gasteiger partial charge in [0, 0.05) is 54.0 Å². The maximum atomic E-state index is 13.1. The van der Waals surface area contributed by atoms with Crippen LogP contribution in [0.4, 0.5) is 16.5 Å². The number of anilines is 2. The van der Waals surface area contributed by atoms with E-state index in [1.807, 2.05) is 9.58 Å². The van der Waals surface area contributed by atoms with Crippen LogP contribution in [0.15, 0.2) is 35.0 Å². The smallest absolute Gasteiger partial charge is 0.338 e. The van der Waals surface area contributed by atoms with E-state index in [1.54, 1.807) is 6.20 Å². The number of nitrogen functional groups attached to an aromatic ring is 1. The lowest BCUT2D eigenvalue weighted by Gasteiger charge is -2.35. The zero-order chi connectivity index (χ0) is 39.1. The number of aromatic nitrogens is 5. The van der Waals surface area contributed by atoms with E-state index in [2.05, 4.69) is 36.2 Å². The number of carbonyl (C=O) groups is 1. The molecule has 2 aliphatic heterocycles. The van der Waals surface area contributed by atoms with Crippen molar-refractivity contribution in [2.75, 3.05) is 37.3 Å². The Hall–Kier alpha value is -5.91. The molecule has 0 saturated carbocycles. The highest BCUT2D eigenvalue weighted by molar-refractivity contribution is 7.16. The van der Waals surface area contributed by atoms with Crippen LogP contribution in [-0.2, 0) is 24.1 Å². The molecule has 288 valence electrons. The van der Waals surface area contributed by atoms with Crippen LogP contribution in [0, 0.1) is 38.7 Å². The third-order valence-electron chi connectivity index (χ3n) is 11.4. The van der Waals surface area contributed by atoms with Crippen molar-refractivity contribution in [3.05, 3.63) is 73.5 Å². The summed E-state index contributed by atoms with van der Waals surface area (Å²) in [5.41, 5.74) is 9.96. The second-order valence-corrected chi connectivity index (χ2v) is 15.9. The molecule has 2 unspecified atom stereocenters. The molecular weight excluding hydrogens is 735 g/mol. The second kappa shape index (κ2) is 15.3. The van der Waals surface area contributed by atoms with Gasteiger partial charge in [0.2, 0.25) is 0 Å². The summed E-state index contributed by atoms with van der Waals surface area (Å²) < 4.78 is 13.9. The van der Waals surface area contributed by atoms with Crippen molar-refractivity contribution in [1.82, 2.24) is 29.8 Å². The highest BCUT2D eigenvalue weighted by Crippen LogP contribution is 2.46.